The molecule has 0 atom stereocenters. The highest BCUT2D eigenvalue weighted by Crippen LogP contribution is 2.21. The Morgan fingerprint density at radius 2 is 1.74 bits per heavy atom. The molecule has 2 heterocycles. The summed E-state index contributed by atoms with van der Waals surface area (Å²) in [5.41, 5.74) is 2.25. The van der Waals surface area contributed by atoms with Crippen LogP contribution in [0.2, 0.25) is 0 Å². The second kappa shape index (κ2) is 7.51. The molecule has 27 heavy (non-hydrogen) atoms. The Morgan fingerprint density at radius 3 is 2.44 bits per heavy atom. The highest BCUT2D eigenvalue weighted by molar-refractivity contribution is 9.10. The zero-order valence-electron chi connectivity index (χ0n) is 14.1. The molecule has 2 aromatic heterocycles. The molecule has 0 aliphatic rings. The quantitative estimate of drug-likeness (QED) is 0.533. The van der Waals surface area contributed by atoms with E-state index in [2.05, 4.69) is 36.3 Å². The lowest BCUT2D eigenvalue weighted by molar-refractivity contribution is 0.101. The second-order valence-electron chi connectivity index (χ2n) is 5.71. The first-order chi connectivity index (χ1) is 13.2. The Balaban J connectivity index is 1.72. The summed E-state index contributed by atoms with van der Waals surface area (Å²) in [6.07, 6.45) is 3.36. The third-order valence-corrected chi connectivity index (χ3v) is 4.36. The molecule has 0 unspecified atom stereocenters. The maximum Gasteiger partial charge on any atom is 0.295 e. The summed E-state index contributed by atoms with van der Waals surface area (Å²) in [4.78, 5) is 21.3. The molecule has 132 valence electrons. The van der Waals surface area contributed by atoms with Gasteiger partial charge in [-0.15, -0.1) is 5.10 Å². The monoisotopic (exact) mass is 419 g/mol. The molecule has 0 aliphatic carbocycles. The fourth-order valence-electron chi connectivity index (χ4n) is 2.56. The third-order valence-electron chi connectivity index (χ3n) is 3.83. The van der Waals surface area contributed by atoms with Gasteiger partial charge < -0.3 is 5.32 Å². The van der Waals surface area contributed by atoms with E-state index in [4.69, 9.17) is 0 Å². The summed E-state index contributed by atoms with van der Waals surface area (Å²) >= 11 is 3.37. The standard InChI is InChI=1S/C20H14BrN5O/c21-15-8-10-16(11-9-15)23-20(27)18-24-19(14-5-2-1-3-6-14)26(25-18)17-7-4-12-22-13-17/h1-13H,(H,23,27). The molecule has 0 radical (unpaired) electrons. The SMILES string of the molecule is O=C(Nc1ccc(Br)cc1)c1nc(-c2ccccc2)n(-c2cccnc2)n1. The van der Waals surface area contributed by atoms with Gasteiger partial charge in [-0.2, -0.15) is 0 Å². The van der Waals surface area contributed by atoms with Crippen LogP contribution in [-0.2, 0) is 0 Å². The van der Waals surface area contributed by atoms with Crippen LogP contribution in [0.15, 0.2) is 83.6 Å². The van der Waals surface area contributed by atoms with Crippen molar-refractivity contribution in [2.75, 3.05) is 5.32 Å². The van der Waals surface area contributed by atoms with E-state index in [1.54, 1.807) is 29.2 Å². The summed E-state index contributed by atoms with van der Waals surface area (Å²) in [5.74, 6) is 0.280. The van der Waals surface area contributed by atoms with Gasteiger partial charge in [-0.25, -0.2) is 9.67 Å². The topological polar surface area (TPSA) is 72.7 Å². The van der Waals surface area contributed by atoms with Crippen LogP contribution in [-0.4, -0.2) is 25.7 Å². The van der Waals surface area contributed by atoms with Gasteiger partial charge in [-0.05, 0) is 36.4 Å². The molecule has 0 aliphatic heterocycles. The summed E-state index contributed by atoms with van der Waals surface area (Å²) < 4.78 is 2.56. The van der Waals surface area contributed by atoms with Crippen molar-refractivity contribution < 1.29 is 4.79 Å². The second-order valence-corrected chi connectivity index (χ2v) is 6.62. The van der Waals surface area contributed by atoms with Gasteiger partial charge >= 0.3 is 0 Å². The van der Waals surface area contributed by atoms with Crippen LogP contribution in [0.4, 0.5) is 5.69 Å². The van der Waals surface area contributed by atoms with Crippen LogP contribution >= 0.6 is 15.9 Å². The van der Waals surface area contributed by atoms with Gasteiger partial charge in [0.25, 0.3) is 5.91 Å². The highest BCUT2D eigenvalue weighted by atomic mass is 79.9. The molecule has 7 heteroatoms. The predicted octanol–water partition coefficient (Wildman–Crippen LogP) is 4.34. The maximum absolute atomic E-state index is 12.7. The lowest BCUT2D eigenvalue weighted by Crippen LogP contribution is -2.14. The predicted molar refractivity (Wildman–Crippen MR) is 107 cm³/mol. The van der Waals surface area contributed by atoms with Crippen molar-refractivity contribution in [3.63, 3.8) is 0 Å². The van der Waals surface area contributed by atoms with E-state index in [1.165, 1.54) is 0 Å². The van der Waals surface area contributed by atoms with E-state index in [9.17, 15) is 4.79 Å². The molecule has 0 bridgehead atoms. The fourth-order valence-corrected chi connectivity index (χ4v) is 2.83. The third kappa shape index (κ3) is 3.78. The first-order valence-corrected chi connectivity index (χ1v) is 9.00. The molecule has 6 nitrogen and oxygen atoms in total. The molecule has 2 aromatic carbocycles. The number of pyridine rings is 1. The number of nitrogens with zero attached hydrogens (tertiary/aromatic N) is 4. The zero-order valence-corrected chi connectivity index (χ0v) is 15.7. The minimum atomic E-state index is -0.378. The lowest BCUT2D eigenvalue weighted by atomic mass is 10.2. The van der Waals surface area contributed by atoms with Crippen molar-refractivity contribution in [3.8, 4) is 17.1 Å². The van der Waals surface area contributed by atoms with E-state index in [-0.39, 0.29) is 11.7 Å². The minimum Gasteiger partial charge on any atom is -0.319 e. The van der Waals surface area contributed by atoms with Gasteiger partial charge in [0.2, 0.25) is 5.82 Å². The Hall–Kier alpha value is -3.32. The number of amides is 1. The molecule has 4 aromatic rings. The summed E-state index contributed by atoms with van der Waals surface area (Å²) in [6.45, 7) is 0. The molecule has 1 N–H and O–H groups in total. The van der Waals surface area contributed by atoms with Crippen molar-refractivity contribution in [1.82, 2.24) is 19.7 Å². The summed E-state index contributed by atoms with van der Waals surface area (Å²) in [6, 6.07) is 20.6. The first-order valence-electron chi connectivity index (χ1n) is 8.20. The Labute approximate surface area is 164 Å². The summed E-state index contributed by atoms with van der Waals surface area (Å²) in [7, 11) is 0. The van der Waals surface area contributed by atoms with E-state index in [0.717, 1.165) is 15.7 Å². The van der Waals surface area contributed by atoms with Gasteiger partial charge in [0.1, 0.15) is 0 Å². The van der Waals surface area contributed by atoms with Crippen LogP contribution in [0.3, 0.4) is 0 Å². The Bertz CT molecular complexity index is 1010. The Morgan fingerprint density at radius 1 is 0.963 bits per heavy atom. The normalized spacial score (nSPS) is 10.6. The number of carbonyl (C=O) groups is 1. The average molecular weight is 420 g/mol. The molecule has 0 saturated carbocycles. The molecular formula is C20H14BrN5O. The van der Waals surface area contributed by atoms with Crippen molar-refractivity contribution in [2.24, 2.45) is 0 Å². The van der Waals surface area contributed by atoms with Crippen LogP contribution in [0, 0.1) is 0 Å². The highest BCUT2D eigenvalue weighted by Gasteiger charge is 2.19. The minimum absolute atomic E-state index is 0.0839. The lowest BCUT2D eigenvalue weighted by Gasteiger charge is -2.04. The molecule has 0 saturated heterocycles. The van der Waals surface area contributed by atoms with Gasteiger partial charge in [0.15, 0.2) is 5.82 Å². The summed E-state index contributed by atoms with van der Waals surface area (Å²) in [5, 5.41) is 7.23. The van der Waals surface area contributed by atoms with E-state index in [0.29, 0.717) is 11.5 Å². The number of rotatable bonds is 4. The molecule has 1 amide bonds. The number of hydrogen-bond donors (Lipinski definition) is 1. The molecule has 0 fully saturated rings. The van der Waals surface area contributed by atoms with Gasteiger partial charge in [0.05, 0.1) is 11.9 Å². The van der Waals surface area contributed by atoms with Gasteiger partial charge in [-0.3, -0.25) is 9.78 Å². The van der Waals surface area contributed by atoms with Crippen LogP contribution in [0.1, 0.15) is 10.6 Å². The van der Waals surface area contributed by atoms with Crippen molar-refractivity contribution >= 4 is 27.5 Å². The number of hydrogen-bond acceptors (Lipinski definition) is 4. The first kappa shape index (κ1) is 17.1. The smallest absolute Gasteiger partial charge is 0.295 e. The van der Waals surface area contributed by atoms with E-state index >= 15 is 0 Å². The largest absolute Gasteiger partial charge is 0.319 e. The zero-order chi connectivity index (χ0) is 18.6. The Kier molecular flexibility index (Phi) is 4.76. The number of nitrogens with one attached hydrogen (secondary N) is 1. The van der Waals surface area contributed by atoms with Crippen molar-refractivity contribution in [1.29, 1.82) is 0 Å². The van der Waals surface area contributed by atoms with E-state index in [1.807, 2.05) is 54.6 Å². The van der Waals surface area contributed by atoms with Crippen molar-refractivity contribution in [3.05, 3.63) is 89.4 Å². The van der Waals surface area contributed by atoms with Crippen LogP contribution in [0.25, 0.3) is 17.1 Å². The van der Waals surface area contributed by atoms with E-state index < -0.39 is 0 Å². The number of halogens is 1. The molecular weight excluding hydrogens is 406 g/mol. The maximum atomic E-state index is 12.7. The van der Waals surface area contributed by atoms with Crippen LogP contribution in [0.5, 0.6) is 0 Å². The number of aromatic nitrogens is 4. The van der Waals surface area contributed by atoms with Gasteiger partial charge in [-0.1, -0.05) is 46.3 Å². The van der Waals surface area contributed by atoms with Crippen LogP contribution < -0.4 is 5.32 Å². The van der Waals surface area contributed by atoms with Gasteiger partial charge in [0, 0.05) is 21.9 Å². The fraction of sp³-hybridized carbons (Fsp3) is 0. The number of anilines is 1. The average Bonchev–Trinajstić information content (AvgIpc) is 3.17. The molecule has 0 spiro atoms. The van der Waals surface area contributed by atoms with Crippen molar-refractivity contribution in [2.45, 2.75) is 0 Å². The number of benzene rings is 2. The molecule has 4 rings (SSSR count). The number of carbonyl (C=O) groups excluding carboxylic acids is 1.